The SMILES string of the molecule is CCCC[C@H](N)c1nc(C(=O)NCC)no1. The minimum Gasteiger partial charge on any atom is -0.349 e. The molecular formula is C10H18N4O2. The molecule has 1 rings (SSSR count). The van der Waals surface area contributed by atoms with Crippen LogP contribution in [0.3, 0.4) is 0 Å². The summed E-state index contributed by atoms with van der Waals surface area (Å²) < 4.78 is 4.94. The number of amides is 1. The van der Waals surface area contributed by atoms with Crippen LogP contribution >= 0.6 is 0 Å². The van der Waals surface area contributed by atoms with Crippen molar-refractivity contribution < 1.29 is 9.32 Å². The molecule has 16 heavy (non-hydrogen) atoms. The standard InChI is InChI=1S/C10H18N4O2/c1-3-5-6-7(11)10-13-8(14-16-10)9(15)12-4-2/h7H,3-6,11H2,1-2H3,(H,12,15)/t7-/m0/s1. The summed E-state index contributed by atoms with van der Waals surface area (Å²) in [7, 11) is 0. The molecule has 0 fully saturated rings. The van der Waals surface area contributed by atoms with Crippen LogP contribution in [0.1, 0.15) is 55.7 Å². The van der Waals surface area contributed by atoms with Gasteiger partial charge in [-0.3, -0.25) is 4.79 Å². The summed E-state index contributed by atoms with van der Waals surface area (Å²) >= 11 is 0. The predicted molar refractivity (Wildman–Crippen MR) is 58.8 cm³/mol. The van der Waals surface area contributed by atoms with Crippen molar-refractivity contribution in [3.8, 4) is 0 Å². The number of hydrogen-bond donors (Lipinski definition) is 2. The van der Waals surface area contributed by atoms with Gasteiger partial charge in [-0.2, -0.15) is 4.98 Å². The van der Waals surface area contributed by atoms with E-state index in [9.17, 15) is 4.79 Å². The van der Waals surface area contributed by atoms with Gasteiger partial charge in [-0.1, -0.05) is 24.9 Å². The Morgan fingerprint density at radius 2 is 2.31 bits per heavy atom. The zero-order valence-corrected chi connectivity index (χ0v) is 9.69. The van der Waals surface area contributed by atoms with E-state index in [1.54, 1.807) is 0 Å². The maximum absolute atomic E-state index is 11.4. The van der Waals surface area contributed by atoms with Gasteiger partial charge in [0.25, 0.3) is 11.7 Å². The Hall–Kier alpha value is -1.43. The molecule has 0 bridgehead atoms. The third-order valence-electron chi connectivity index (χ3n) is 2.17. The maximum Gasteiger partial charge on any atom is 0.292 e. The van der Waals surface area contributed by atoms with Gasteiger partial charge in [0.15, 0.2) is 0 Å². The molecule has 90 valence electrons. The van der Waals surface area contributed by atoms with Gasteiger partial charge in [0.05, 0.1) is 6.04 Å². The van der Waals surface area contributed by atoms with E-state index >= 15 is 0 Å². The summed E-state index contributed by atoms with van der Waals surface area (Å²) in [6.07, 6.45) is 2.85. The van der Waals surface area contributed by atoms with E-state index in [0.717, 1.165) is 19.3 Å². The number of nitrogens with zero attached hydrogens (tertiary/aromatic N) is 2. The fourth-order valence-corrected chi connectivity index (χ4v) is 1.27. The number of hydrogen-bond acceptors (Lipinski definition) is 5. The first kappa shape index (κ1) is 12.6. The number of carbonyl (C=O) groups excluding carboxylic acids is 1. The normalized spacial score (nSPS) is 12.4. The molecule has 0 spiro atoms. The van der Waals surface area contributed by atoms with E-state index in [4.69, 9.17) is 10.3 Å². The predicted octanol–water partition coefficient (Wildman–Crippen LogP) is 1.01. The molecular weight excluding hydrogens is 208 g/mol. The molecule has 0 radical (unpaired) electrons. The van der Waals surface area contributed by atoms with Crippen molar-refractivity contribution in [2.45, 2.75) is 39.2 Å². The van der Waals surface area contributed by atoms with Gasteiger partial charge < -0.3 is 15.6 Å². The molecule has 1 atom stereocenters. The average molecular weight is 226 g/mol. The van der Waals surface area contributed by atoms with Crippen LogP contribution in [0.2, 0.25) is 0 Å². The van der Waals surface area contributed by atoms with Crippen molar-refractivity contribution >= 4 is 5.91 Å². The van der Waals surface area contributed by atoms with Crippen LogP contribution in [0.25, 0.3) is 0 Å². The van der Waals surface area contributed by atoms with Gasteiger partial charge in [-0.15, -0.1) is 0 Å². The quantitative estimate of drug-likeness (QED) is 0.755. The lowest BCUT2D eigenvalue weighted by Gasteiger charge is -2.03. The van der Waals surface area contributed by atoms with Crippen LogP contribution in [-0.4, -0.2) is 22.6 Å². The Morgan fingerprint density at radius 3 is 2.94 bits per heavy atom. The summed E-state index contributed by atoms with van der Waals surface area (Å²) in [4.78, 5) is 15.3. The zero-order chi connectivity index (χ0) is 12.0. The van der Waals surface area contributed by atoms with E-state index in [1.807, 2.05) is 6.92 Å². The molecule has 0 saturated carbocycles. The van der Waals surface area contributed by atoms with Crippen molar-refractivity contribution in [3.05, 3.63) is 11.7 Å². The largest absolute Gasteiger partial charge is 0.349 e. The highest BCUT2D eigenvalue weighted by Crippen LogP contribution is 2.14. The maximum atomic E-state index is 11.4. The van der Waals surface area contributed by atoms with E-state index in [1.165, 1.54) is 0 Å². The minimum atomic E-state index is -0.333. The van der Waals surface area contributed by atoms with Crippen molar-refractivity contribution in [1.82, 2.24) is 15.5 Å². The molecule has 1 amide bonds. The van der Waals surface area contributed by atoms with Gasteiger partial charge in [0, 0.05) is 6.54 Å². The van der Waals surface area contributed by atoms with Crippen LogP contribution < -0.4 is 11.1 Å². The fourth-order valence-electron chi connectivity index (χ4n) is 1.27. The second-order valence-electron chi connectivity index (χ2n) is 3.56. The topological polar surface area (TPSA) is 94.0 Å². The van der Waals surface area contributed by atoms with Crippen molar-refractivity contribution in [2.75, 3.05) is 6.54 Å². The van der Waals surface area contributed by atoms with Crippen LogP contribution in [-0.2, 0) is 0 Å². The molecule has 6 nitrogen and oxygen atoms in total. The summed E-state index contributed by atoms with van der Waals surface area (Å²) in [6.45, 7) is 4.44. The van der Waals surface area contributed by atoms with Crippen molar-refractivity contribution in [3.63, 3.8) is 0 Å². The number of nitrogens with two attached hydrogens (primary N) is 1. The van der Waals surface area contributed by atoms with Gasteiger partial charge in [0.2, 0.25) is 5.89 Å². The number of unbranched alkanes of at least 4 members (excludes halogenated alkanes) is 1. The first-order valence-electron chi connectivity index (χ1n) is 5.56. The lowest BCUT2D eigenvalue weighted by Crippen LogP contribution is -2.24. The molecule has 0 aromatic carbocycles. The van der Waals surface area contributed by atoms with E-state index in [2.05, 4.69) is 22.4 Å². The molecule has 6 heteroatoms. The zero-order valence-electron chi connectivity index (χ0n) is 9.69. The number of rotatable bonds is 6. The van der Waals surface area contributed by atoms with Crippen LogP contribution in [0.4, 0.5) is 0 Å². The average Bonchev–Trinajstić information content (AvgIpc) is 2.75. The van der Waals surface area contributed by atoms with E-state index in [-0.39, 0.29) is 17.8 Å². The first-order valence-corrected chi connectivity index (χ1v) is 5.56. The lowest BCUT2D eigenvalue weighted by atomic mass is 10.1. The first-order chi connectivity index (χ1) is 7.69. The Balaban J connectivity index is 2.59. The Bertz CT molecular complexity index is 337. The molecule has 0 aliphatic carbocycles. The lowest BCUT2D eigenvalue weighted by molar-refractivity contribution is 0.0942. The molecule has 1 heterocycles. The second-order valence-corrected chi connectivity index (χ2v) is 3.56. The summed E-state index contributed by atoms with van der Waals surface area (Å²) in [5.74, 6) is 0.0405. The van der Waals surface area contributed by atoms with E-state index in [0.29, 0.717) is 12.4 Å². The number of aromatic nitrogens is 2. The molecule has 0 aliphatic rings. The third-order valence-corrected chi connectivity index (χ3v) is 2.17. The molecule has 1 aromatic heterocycles. The molecule has 3 N–H and O–H groups in total. The number of nitrogens with one attached hydrogen (secondary N) is 1. The molecule has 0 unspecified atom stereocenters. The molecule has 0 aliphatic heterocycles. The van der Waals surface area contributed by atoms with Crippen molar-refractivity contribution in [2.24, 2.45) is 5.73 Å². The second kappa shape index (κ2) is 6.22. The third kappa shape index (κ3) is 3.30. The van der Waals surface area contributed by atoms with E-state index < -0.39 is 0 Å². The highest BCUT2D eigenvalue weighted by molar-refractivity contribution is 5.90. The highest BCUT2D eigenvalue weighted by atomic mass is 16.5. The van der Waals surface area contributed by atoms with Gasteiger partial charge in [-0.25, -0.2) is 0 Å². The van der Waals surface area contributed by atoms with Crippen LogP contribution in [0, 0.1) is 0 Å². The van der Waals surface area contributed by atoms with Crippen LogP contribution in [0.5, 0.6) is 0 Å². The molecule has 1 aromatic rings. The Kier molecular flexibility index (Phi) is 4.91. The minimum absolute atomic E-state index is 0.0452. The summed E-state index contributed by atoms with van der Waals surface area (Å²) in [5, 5.41) is 6.18. The Labute approximate surface area is 94.6 Å². The van der Waals surface area contributed by atoms with Crippen molar-refractivity contribution in [1.29, 1.82) is 0 Å². The molecule has 0 saturated heterocycles. The summed E-state index contributed by atoms with van der Waals surface area (Å²) in [5.41, 5.74) is 5.84. The van der Waals surface area contributed by atoms with Crippen LogP contribution in [0.15, 0.2) is 4.52 Å². The summed E-state index contributed by atoms with van der Waals surface area (Å²) in [6, 6.07) is -0.282. The Morgan fingerprint density at radius 1 is 1.56 bits per heavy atom. The monoisotopic (exact) mass is 226 g/mol. The van der Waals surface area contributed by atoms with Gasteiger partial charge in [0.1, 0.15) is 0 Å². The highest BCUT2D eigenvalue weighted by Gasteiger charge is 2.17. The smallest absolute Gasteiger partial charge is 0.292 e. The number of carbonyl (C=O) groups is 1. The fraction of sp³-hybridized carbons (Fsp3) is 0.700. The van der Waals surface area contributed by atoms with Gasteiger partial charge >= 0.3 is 0 Å². The van der Waals surface area contributed by atoms with Gasteiger partial charge in [-0.05, 0) is 13.3 Å².